The van der Waals surface area contributed by atoms with E-state index in [9.17, 15) is 9.90 Å². The van der Waals surface area contributed by atoms with E-state index in [0.29, 0.717) is 16.7 Å². The minimum atomic E-state index is -0.198. The molecule has 0 bridgehead atoms. The second-order valence-electron chi connectivity index (χ2n) is 6.14. The van der Waals surface area contributed by atoms with Crippen LogP contribution in [0.4, 0.5) is 0 Å². The van der Waals surface area contributed by atoms with Crippen molar-refractivity contribution in [1.82, 2.24) is 9.66 Å². The largest absolute Gasteiger partial charge is 0.506 e. The molecule has 0 saturated heterocycles. The molecule has 0 aliphatic rings. The third-order valence-corrected chi connectivity index (χ3v) is 6.39. The highest BCUT2D eigenvalue weighted by Gasteiger charge is 2.15. The predicted molar refractivity (Wildman–Crippen MR) is 129 cm³/mol. The van der Waals surface area contributed by atoms with E-state index >= 15 is 0 Å². The zero-order valence-corrected chi connectivity index (χ0v) is 20.5. The van der Waals surface area contributed by atoms with Gasteiger partial charge in [-0.05, 0) is 87.5 Å². The number of halogens is 3. The van der Waals surface area contributed by atoms with E-state index < -0.39 is 0 Å². The second kappa shape index (κ2) is 8.56. The van der Waals surface area contributed by atoms with Gasteiger partial charge in [-0.3, -0.25) is 4.79 Å². The topological polar surface area (TPSA) is 67.5 Å². The Morgan fingerprint density at radius 3 is 2.59 bits per heavy atom. The van der Waals surface area contributed by atoms with Gasteiger partial charge in [-0.2, -0.15) is 9.78 Å². The highest BCUT2D eigenvalue weighted by Crippen LogP contribution is 2.27. The minimum absolute atomic E-state index is 0.0861. The van der Waals surface area contributed by atoms with Gasteiger partial charge in [-0.1, -0.05) is 29.8 Å². The first-order valence-electron chi connectivity index (χ1n) is 8.26. The molecule has 1 atom stereocenters. The van der Waals surface area contributed by atoms with Gasteiger partial charge in [0.15, 0.2) is 0 Å². The van der Waals surface area contributed by atoms with Crippen molar-refractivity contribution in [2.75, 3.05) is 0 Å². The number of nitrogens with zero attached hydrogens (tertiary/aromatic N) is 3. The first-order chi connectivity index (χ1) is 12.8. The summed E-state index contributed by atoms with van der Waals surface area (Å²) in [5.41, 5.74) is 1.27. The Balaban J connectivity index is 2.19. The van der Waals surface area contributed by atoms with Crippen LogP contribution in [0.2, 0.25) is 0 Å². The fourth-order valence-corrected chi connectivity index (χ4v) is 4.74. The molecule has 1 N–H and O–H groups in total. The van der Waals surface area contributed by atoms with E-state index in [0.717, 1.165) is 23.6 Å². The van der Waals surface area contributed by atoms with Crippen molar-refractivity contribution in [3.05, 3.63) is 63.7 Å². The quantitative estimate of drug-likeness (QED) is 0.301. The van der Waals surface area contributed by atoms with Crippen LogP contribution in [0.25, 0.3) is 10.9 Å². The summed E-state index contributed by atoms with van der Waals surface area (Å²) in [5, 5.41) is 14.9. The maximum Gasteiger partial charge on any atom is 0.282 e. The van der Waals surface area contributed by atoms with Crippen LogP contribution in [0.3, 0.4) is 0 Å². The maximum absolute atomic E-state index is 13.1. The van der Waals surface area contributed by atoms with Crippen LogP contribution in [-0.2, 0) is 0 Å². The average Bonchev–Trinajstić information content (AvgIpc) is 2.64. The molecule has 0 aliphatic heterocycles. The van der Waals surface area contributed by atoms with E-state index in [1.54, 1.807) is 12.3 Å². The smallest absolute Gasteiger partial charge is 0.282 e. The molecule has 2 aromatic carbocycles. The molecule has 0 spiro atoms. The molecule has 5 nitrogen and oxygen atoms in total. The lowest BCUT2D eigenvalue weighted by molar-refractivity contribution is 0.467. The summed E-state index contributed by atoms with van der Waals surface area (Å²) in [6, 6.07) is 9.12. The van der Waals surface area contributed by atoms with Gasteiger partial charge in [0, 0.05) is 10.4 Å². The fraction of sp³-hybridized carbons (Fsp3) is 0.211. The molecule has 0 aliphatic carbocycles. The van der Waals surface area contributed by atoms with Gasteiger partial charge in [0.25, 0.3) is 5.56 Å². The standard InChI is InChI=1S/C19H16BrI2N3O2/c1-3-10(2)18-24-16-5-4-12(20)8-13(16)19(27)25(18)23-9-11-6-14(21)17(26)15(22)7-11/h4-10,26H,3H2,1-2H3/t10-/m1/s1. The van der Waals surface area contributed by atoms with Gasteiger partial charge in [0.05, 0.1) is 24.3 Å². The lowest BCUT2D eigenvalue weighted by atomic mass is 10.1. The Hall–Kier alpha value is -1.01. The molecule has 1 aromatic heterocycles. The molecule has 0 fully saturated rings. The summed E-state index contributed by atoms with van der Waals surface area (Å²) >= 11 is 7.56. The Morgan fingerprint density at radius 2 is 1.96 bits per heavy atom. The van der Waals surface area contributed by atoms with E-state index in [4.69, 9.17) is 4.98 Å². The molecule has 3 aromatic rings. The Morgan fingerprint density at radius 1 is 1.30 bits per heavy atom. The highest BCUT2D eigenvalue weighted by molar-refractivity contribution is 14.1. The third kappa shape index (κ3) is 4.37. The number of hydrogen-bond donors (Lipinski definition) is 1. The molecule has 140 valence electrons. The number of rotatable bonds is 4. The molecule has 1 heterocycles. The van der Waals surface area contributed by atoms with E-state index in [2.05, 4.69) is 73.1 Å². The first kappa shape index (κ1) is 20.7. The van der Waals surface area contributed by atoms with E-state index in [1.807, 2.05) is 31.2 Å². The van der Waals surface area contributed by atoms with Gasteiger partial charge in [-0.25, -0.2) is 4.98 Å². The zero-order chi connectivity index (χ0) is 19.7. The monoisotopic (exact) mass is 651 g/mol. The van der Waals surface area contributed by atoms with Gasteiger partial charge >= 0.3 is 0 Å². The van der Waals surface area contributed by atoms with Crippen molar-refractivity contribution in [3.8, 4) is 5.75 Å². The van der Waals surface area contributed by atoms with Crippen LogP contribution in [0, 0.1) is 7.14 Å². The SMILES string of the molecule is CC[C@@H](C)c1nc2ccc(Br)cc2c(=O)n1N=Cc1cc(I)c(O)c(I)c1. The summed E-state index contributed by atoms with van der Waals surface area (Å²) in [7, 11) is 0. The zero-order valence-electron chi connectivity index (χ0n) is 14.6. The highest BCUT2D eigenvalue weighted by atomic mass is 127. The van der Waals surface area contributed by atoms with Gasteiger partial charge < -0.3 is 5.11 Å². The lowest BCUT2D eigenvalue weighted by Crippen LogP contribution is -2.23. The van der Waals surface area contributed by atoms with Gasteiger partial charge in [-0.15, -0.1) is 0 Å². The molecule has 0 saturated carbocycles. The van der Waals surface area contributed by atoms with Crippen molar-refractivity contribution in [2.45, 2.75) is 26.2 Å². The molecule has 8 heteroatoms. The Labute approximate surface area is 192 Å². The predicted octanol–water partition coefficient (Wildman–Crippen LogP) is 5.47. The van der Waals surface area contributed by atoms with Crippen LogP contribution < -0.4 is 5.56 Å². The van der Waals surface area contributed by atoms with Crippen molar-refractivity contribution < 1.29 is 5.11 Å². The van der Waals surface area contributed by atoms with Gasteiger partial charge in [0.1, 0.15) is 11.6 Å². The van der Waals surface area contributed by atoms with Crippen LogP contribution in [0.15, 0.2) is 44.7 Å². The van der Waals surface area contributed by atoms with Crippen molar-refractivity contribution in [1.29, 1.82) is 0 Å². The molecular formula is C19H16BrI2N3O2. The van der Waals surface area contributed by atoms with Gasteiger partial charge in [0.2, 0.25) is 0 Å². The molecule has 0 radical (unpaired) electrons. The number of fused-ring (bicyclic) bond motifs is 1. The Kier molecular flexibility index (Phi) is 6.57. The average molecular weight is 652 g/mol. The second-order valence-corrected chi connectivity index (χ2v) is 9.38. The first-order valence-corrected chi connectivity index (χ1v) is 11.2. The number of hydrogen-bond acceptors (Lipinski definition) is 4. The summed E-state index contributed by atoms with van der Waals surface area (Å²) < 4.78 is 3.67. The number of phenols is 1. The number of aromatic hydroxyl groups is 1. The lowest BCUT2D eigenvalue weighted by Gasteiger charge is -2.14. The molecular weight excluding hydrogens is 636 g/mol. The van der Waals surface area contributed by atoms with Crippen LogP contribution >= 0.6 is 61.1 Å². The minimum Gasteiger partial charge on any atom is -0.506 e. The molecule has 27 heavy (non-hydrogen) atoms. The van der Waals surface area contributed by atoms with E-state index in [-0.39, 0.29) is 17.2 Å². The molecule has 3 rings (SSSR count). The Bertz CT molecular complexity index is 1090. The summed E-state index contributed by atoms with van der Waals surface area (Å²) in [5.74, 6) is 0.975. The van der Waals surface area contributed by atoms with Crippen LogP contribution in [-0.4, -0.2) is 21.0 Å². The number of aromatic nitrogens is 2. The number of benzene rings is 2. The van der Waals surface area contributed by atoms with Crippen LogP contribution in [0.5, 0.6) is 5.75 Å². The summed E-state index contributed by atoms with van der Waals surface area (Å²) in [6.07, 6.45) is 2.47. The maximum atomic E-state index is 13.1. The third-order valence-electron chi connectivity index (χ3n) is 4.25. The normalized spacial score (nSPS) is 12.8. The van der Waals surface area contributed by atoms with Crippen LogP contribution in [0.1, 0.15) is 37.6 Å². The molecule has 0 unspecified atom stereocenters. The fourth-order valence-electron chi connectivity index (χ4n) is 2.56. The molecule has 0 amide bonds. The van der Waals surface area contributed by atoms with Crippen molar-refractivity contribution in [2.24, 2.45) is 5.10 Å². The van der Waals surface area contributed by atoms with E-state index in [1.165, 1.54) is 4.68 Å². The van der Waals surface area contributed by atoms with Crippen molar-refractivity contribution in [3.63, 3.8) is 0 Å². The number of phenolic OH excluding ortho intramolecular Hbond substituents is 1. The summed E-state index contributed by atoms with van der Waals surface area (Å²) in [6.45, 7) is 4.09. The summed E-state index contributed by atoms with van der Waals surface area (Å²) in [4.78, 5) is 17.8. The van der Waals surface area contributed by atoms with Crippen molar-refractivity contribution >= 4 is 78.2 Å².